The molecule has 2 heterocycles. The Bertz CT molecular complexity index is 672. The number of methoxy groups -OCH3 is 1. The topological polar surface area (TPSA) is 58.2 Å². The van der Waals surface area contributed by atoms with Crippen molar-refractivity contribution in [3.05, 3.63) is 34.4 Å². The van der Waals surface area contributed by atoms with Gasteiger partial charge in [0.2, 0.25) is 0 Å². The summed E-state index contributed by atoms with van der Waals surface area (Å²) in [6.45, 7) is 2.08. The van der Waals surface area contributed by atoms with Gasteiger partial charge in [-0.2, -0.15) is 0 Å². The molecule has 1 N–H and O–H groups in total. The number of aromatic amines is 1. The van der Waals surface area contributed by atoms with Crippen molar-refractivity contribution in [1.82, 2.24) is 14.9 Å². The van der Waals surface area contributed by atoms with Crippen molar-refractivity contribution in [2.45, 2.75) is 18.8 Å². The zero-order valence-electron chi connectivity index (χ0n) is 11.8. The van der Waals surface area contributed by atoms with Crippen LogP contribution in [0, 0.1) is 0 Å². The number of ether oxygens (including phenoxy) is 1. The second-order valence-electron chi connectivity index (χ2n) is 5.39. The molecular formula is C15H19N3O2. The Morgan fingerprint density at radius 2 is 2.10 bits per heavy atom. The molecule has 1 aliphatic rings. The van der Waals surface area contributed by atoms with Crippen molar-refractivity contribution in [2.24, 2.45) is 0 Å². The van der Waals surface area contributed by atoms with Gasteiger partial charge in [0.1, 0.15) is 17.1 Å². The van der Waals surface area contributed by atoms with Gasteiger partial charge in [0.05, 0.1) is 12.5 Å². The van der Waals surface area contributed by atoms with Crippen LogP contribution in [-0.4, -0.2) is 42.1 Å². The summed E-state index contributed by atoms with van der Waals surface area (Å²) in [5, 5.41) is 0.584. The summed E-state index contributed by atoms with van der Waals surface area (Å²) >= 11 is 0. The lowest BCUT2D eigenvalue weighted by atomic mass is 9.96. The molecule has 106 valence electrons. The molecule has 0 unspecified atom stereocenters. The Labute approximate surface area is 117 Å². The van der Waals surface area contributed by atoms with Crippen LogP contribution in [0.15, 0.2) is 23.0 Å². The molecule has 1 aromatic carbocycles. The largest absolute Gasteiger partial charge is 0.494 e. The third-order valence-electron chi connectivity index (χ3n) is 4.04. The highest BCUT2D eigenvalue weighted by Gasteiger charge is 2.21. The van der Waals surface area contributed by atoms with Gasteiger partial charge >= 0.3 is 0 Å². The van der Waals surface area contributed by atoms with Gasteiger partial charge in [0.25, 0.3) is 5.56 Å². The highest BCUT2D eigenvalue weighted by Crippen LogP contribution is 2.27. The van der Waals surface area contributed by atoms with Crippen LogP contribution in [0.1, 0.15) is 24.6 Å². The van der Waals surface area contributed by atoms with Crippen molar-refractivity contribution in [3.63, 3.8) is 0 Å². The third-order valence-corrected chi connectivity index (χ3v) is 4.04. The molecule has 1 aliphatic heterocycles. The standard InChI is InChI=1S/C15H19N3O2/c1-18-8-6-10(7-9-18)14-16-13-11(15(19)17-14)4-3-5-12(13)20-2/h3-5,10H,6-9H2,1-2H3,(H,16,17,19). The lowest BCUT2D eigenvalue weighted by molar-refractivity contribution is 0.251. The van der Waals surface area contributed by atoms with Gasteiger partial charge in [-0.05, 0) is 45.1 Å². The van der Waals surface area contributed by atoms with Crippen LogP contribution in [0.2, 0.25) is 0 Å². The quantitative estimate of drug-likeness (QED) is 0.905. The lowest BCUT2D eigenvalue weighted by Crippen LogP contribution is -2.30. The van der Waals surface area contributed by atoms with Crippen LogP contribution in [0.4, 0.5) is 0 Å². The molecule has 0 atom stereocenters. The van der Waals surface area contributed by atoms with Crippen LogP contribution >= 0.6 is 0 Å². The summed E-state index contributed by atoms with van der Waals surface area (Å²) in [7, 11) is 3.72. The minimum Gasteiger partial charge on any atom is -0.494 e. The molecular weight excluding hydrogens is 254 g/mol. The number of hydrogen-bond acceptors (Lipinski definition) is 4. The van der Waals surface area contributed by atoms with E-state index in [4.69, 9.17) is 4.74 Å². The van der Waals surface area contributed by atoms with Gasteiger partial charge < -0.3 is 14.6 Å². The molecule has 3 rings (SSSR count). The normalized spacial score (nSPS) is 17.5. The average Bonchev–Trinajstić information content (AvgIpc) is 2.47. The van der Waals surface area contributed by atoms with E-state index >= 15 is 0 Å². The van der Waals surface area contributed by atoms with Gasteiger partial charge in [0, 0.05) is 5.92 Å². The van der Waals surface area contributed by atoms with E-state index in [1.54, 1.807) is 13.2 Å². The van der Waals surface area contributed by atoms with Crippen LogP contribution < -0.4 is 10.3 Å². The zero-order chi connectivity index (χ0) is 14.1. The summed E-state index contributed by atoms with van der Waals surface area (Å²) in [6.07, 6.45) is 2.06. The molecule has 5 nitrogen and oxygen atoms in total. The molecule has 2 aromatic rings. The number of hydrogen-bond donors (Lipinski definition) is 1. The number of piperidine rings is 1. The Kier molecular flexibility index (Phi) is 3.44. The lowest BCUT2D eigenvalue weighted by Gasteiger charge is -2.28. The fraction of sp³-hybridized carbons (Fsp3) is 0.467. The molecule has 0 saturated carbocycles. The highest BCUT2D eigenvalue weighted by molar-refractivity contribution is 5.83. The fourth-order valence-electron chi connectivity index (χ4n) is 2.79. The molecule has 20 heavy (non-hydrogen) atoms. The highest BCUT2D eigenvalue weighted by atomic mass is 16.5. The van der Waals surface area contributed by atoms with Crippen molar-refractivity contribution in [1.29, 1.82) is 0 Å². The molecule has 5 heteroatoms. The predicted octanol–water partition coefficient (Wildman–Crippen LogP) is 1.74. The number of benzene rings is 1. The number of likely N-dealkylation sites (tertiary alicyclic amines) is 1. The third kappa shape index (κ3) is 2.29. The number of aromatic nitrogens is 2. The number of nitrogens with zero attached hydrogens (tertiary/aromatic N) is 2. The van der Waals surface area contributed by atoms with Gasteiger partial charge in [-0.15, -0.1) is 0 Å². The van der Waals surface area contributed by atoms with E-state index in [0.29, 0.717) is 22.6 Å². The van der Waals surface area contributed by atoms with E-state index in [-0.39, 0.29) is 5.56 Å². The van der Waals surface area contributed by atoms with Gasteiger partial charge in [-0.25, -0.2) is 4.98 Å². The molecule has 0 aliphatic carbocycles. The first-order valence-electron chi connectivity index (χ1n) is 6.94. The summed E-state index contributed by atoms with van der Waals surface area (Å²) in [6, 6.07) is 5.43. The molecule has 1 saturated heterocycles. The number of rotatable bonds is 2. The van der Waals surface area contributed by atoms with Crippen molar-refractivity contribution in [3.8, 4) is 5.75 Å². The first-order valence-corrected chi connectivity index (χ1v) is 6.94. The summed E-state index contributed by atoms with van der Waals surface area (Å²) in [5.41, 5.74) is 0.579. The van der Waals surface area contributed by atoms with Crippen LogP contribution in [0.3, 0.4) is 0 Å². The number of nitrogens with one attached hydrogen (secondary N) is 1. The summed E-state index contributed by atoms with van der Waals surface area (Å²) in [4.78, 5) is 22.1. The maximum atomic E-state index is 12.2. The molecule has 1 fully saturated rings. The maximum Gasteiger partial charge on any atom is 0.258 e. The van der Waals surface area contributed by atoms with Gasteiger partial charge in [-0.3, -0.25) is 4.79 Å². The number of H-pyrrole nitrogens is 1. The minimum atomic E-state index is -0.0807. The summed E-state index contributed by atoms with van der Waals surface area (Å²) < 4.78 is 5.32. The molecule has 0 radical (unpaired) electrons. The van der Waals surface area contributed by atoms with E-state index in [2.05, 4.69) is 21.9 Å². The molecule has 1 aromatic heterocycles. The molecule has 0 bridgehead atoms. The Balaban J connectivity index is 2.07. The second kappa shape index (κ2) is 5.25. The first-order chi connectivity index (χ1) is 9.69. The van der Waals surface area contributed by atoms with E-state index in [0.717, 1.165) is 31.8 Å². The van der Waals surface area contributed by atoms with E-state index in [1.165, 1.54) is 0 Å². The number of para-hydroxylation sites is 1. The minimum absolute atomic E-state index is 0.0807. The van der Waals surface area contributed by atoms with Crippen LogP contribution in [0.25, 0.3) is 10.9 Å². The average molecular weight is 273 g/mol. The zero-order valence-corrected chi connectivity index (χ0v) is 11.8. The van der Waals surface area contributed by atoms with Crippen molar-refractivity contribution >= 4 is 10.9 Å². The predicted molar refractivity (Wildman–Crippen MR) is 78.4 cm³/mol. The van der Waals surface area contributed by atoms with Crippen LogP contribution in [0.5, 0.6) is 5.75 Å². The fourth-order valence-corrected chi connectivity index (χ4v) is 2.79. The Morgan fingerprint density at radius 3 is 2.80 bits per heavy atom. The van der Waals surface area contributed by atoms with E-state index in [1.807, 2.05) is 12.1 Å². The van der Waals surface area contributed by atoms with Gasteiger partial charge in [-0.1, -0.05) is 6.07 Å². The second-order valence-corrected chi connectivity index (χ2v) is 5.39. The maximum absolute atomic E-state index is 12.2. The monoisotopic (exact) mass is 273 g/mol. The summed E-state index contributed by atoms with van der Waals surface area (Å²) in [5.74, 6) is 1.77. The van der Waals surface area contributed by atoms with Crippen LogP contribution in [-0.2, 0) is 0 Å². The first kappa shape index (κ1) is 13.1. The Hall–Kier alpha value is -1.88. The van der Waals surface area contributed by atoms with Crippen molar-refractivity contribution < 1.29 is 4.74 Å². The SMILES string of the molecule is COc1cccc2c(=O)[nH]c(C3CCN(C)CC3)nc12. The van der Waals surface area contributed by atoms with Crippen molar-refractivity contribution in [2.75, 3.05) is 27.2 Å². The smallest absolute Gasteiger partial charge is 0.258 e. The number of fused-ring (bicyclic) bond motifs is 1. The molecule has 0 spiro atoms. The van der Waals surface area contributed by atoms with E-state index < -0.39 is 0 Å². The molecule has 0 amide bonds. The Morgan fingerprint density at radius 1 is 1.35 bits per heavy atom. The van der Waals surface area contributed by atoms with E-state index in [9.17, 15) is 4.79 Å². The van der Waals surface area contributed by atoms with Gasteiger partial charge in [0.15, 0.2) is 0 Å².